The zero-order valence-electron chi connectivity index (χ0n) is 16.3. The molecular weight excluding hydrogens is 340 g/mol. The zero-order chi connectivity index (χ0) is 19.6. The third kappa shape index (κ3) is 4.13. The van der Waals surface area contributed by atoms with Crippen molar-refractivity contribution in [2.45, 2.75) is 46.1 Å². The lowest BCUT2D eigenvalue weighted by molar-refractivity contribution is -0.121. The number of nitrogens with zero attached hydrogens (tertiary/aromatic N) is 1. The lowest BCUT2D eigenvalue weighted by Gasteiger charge is -2.28. The molecule has 0 aromatic heterocycles. The van der Waals surface area contributed by atoms with Gasteiger partial charge in [-0.3, -0.25) is 9.59 Å². The Kier molecular flexibility index (Phi) is 5.49. The van der Waals surface area contributed by atoms with Gasteiger partial charge in [0.1, 0.15) is 5.75 Å². The Bertz CT molecular complexity index is 860. The van der Waals surface area contributed by atoms with Gasteiger partial charge in [-0.25, -0.2) is 0 Å². The molecule has 5 nitrogen and oxygen atoms in total. The molecule has 142 valence electrons. The fourth-order valence-electron chi connectivity index (χ4n) is 3.42. The molecule has 2 aromatic rings. The number of ether oxygens (including phenoxy) is 1. The monoisotopic (exact) mass is 366 g/mol. The summed E-state index contributed by atoms with van der Waals surface area (Å²) in [6.07, 6.45) is 0.252. The van der Waals surface area contributed by atoms with Gasteiger partial charge in [-0.05, 0) is 49.1 Å². The van der Waals surface area contributed by atoms with E-state index in [2.05, 4.69) is 25.2 Å². The van der Waals surface area contributed by atoms with Crippen molar-refractivity contribution in [2.24, 2.45) is 0 Å². The molecule has 0 bridgehead atoms. The van der Waals surface area contributed by atoms with E-state index < -0.39 is 0 Å². The van der Waals surface area contributed by atoms with Gasteiger partial charge in [-0.2, -0.15) is 0 Å². The first-order chi connectivity index (χ1) is 12.9. The van der Waals surface area contributed by atoms with E-state index in [9.17, 15) is 9.59 Å². The van der Waals surface area contributed by atoms with Crippen molar-refractivity contribution in [3.05, 3.63) is 53.6 Å². The van der Waals surface area contributed by atoms with Crippen molar-refractivity contribution >= 4 is 23.2 Å². The van der Waals surface area contributed by atoms with Gasteiger partial charge < -0.3 is 15.0 Å². The van der Waals surface area contributed by atoms with Crippen LogP contribution in [0.15, 0.2) is 42.5 Å². The SMILES string of the molecule is Cc1ccc(C(C)C)c(OCC(=O)N2c3ccccc3NC(=O)CC2C)c1. The Morgan fingerprint density at radius 3 is 2.74 bits per heavy atom. The number of para-hydroxylation sites is 2. The third-order valence-corrected chi connectivity index (χ3v) is 4.77. The summed E-state index contributed by atoms with van der Waals surface area (Å²) in [6.45, 7) is 8.01. The van der Waals surface area contributed by atoms with Crippen molar-refractivity contribution < 1.29 is 14.3 Å². The molecule has 27 heavy (non-hydrogen) atoms. The van der Waals surface area contributed by atoms with Crippen molar-refractivity contribution in [2.75, 3.05) is 16.8 Å². The second-order valence-corrected chi connectivity index (χ2v) is 7.37. The summed E-state index contributed by atoms with van der Waals surface area (Å²) >= 11 is 0. The van der Waals surface area contributed by atoms with Gasteiger partial charge >= 0.3 is 0 Å². The predicted molar refractivity (Wildman–Crippen MR) is 107 cm³/mol. The number of nitrogens with one attached hydrogen (secondary N) is 1. The molecule has 2 amide bonds. The van der Waals surface area contributed by atoms with Crippen LogP contribution in [0.25, 0.3) is 0 Å². The average Bonchev–Trinajstić information content (AvgIpc) is 2.73. The Balaban J connectivity index is 1.84. The van der Waals surface area contributed by atoms with Gasteiger partial charge in [-0.15, -0.1) is 0 Å². The van der Waals surface area contributed by atoms with E-state index in [-0.39, 0.29) is 30.9 Å². The molecule has 1 aliphatic rings. The largest absolute Gasteiger partial charge is 0.483 e. The molecule has 0 fully saturated rings. The fourth-order valence-corrected chi connectivity index (χ4v) is 3.42. The maximum atomic E-state index is 13.0. The smallest absolute Gasteiger partial charge is 0.265 e. The standard InChI is InChI=1S/C22H26N2O3/c1-14(2)17-10-9-15(3)11-20(17)27-13-22(26)24-16(4)12-21(25)23-18-7-5-6-8-19(18)24/h5-11,14,16H,12-13H2,1-4H3,(H,23,25). The minimum absolute atomic E-state index is 0.0734. The number of fused-ring (bicyclic) bond motifs is 1. The average molecular weight is 366 g/mol. The first kappa shape index (κ1) is 19.0. The Morgan fingerprint density at radius 1 is 1.26 bits per heavy atom. The van der Waals surface area contributed by atoms with Crippen molar-refractivity contribution in [3.63, 3.8) is 0 Å². The van der Waals surface area contributed by atoms with Gasteiger partial charge in [0.2, 0.25) is 5.91 Å². The molecule has 1 unspecified atom stereocenters. The molecule has 3 rings (SSSR count). The number of rotatable bonds is 4. The topological polar surface area (TPSA) is 58.6 Å². The number of amides is 2. The number of hydrogen-bond acceptors (Lipinski definition) is 3. The number of carbonyl (C=O) groups is 2. The maximum Gasteiger partial charge on any atom is 0.265 e. The first-order valence-corrected chi connectivity index (χ1v) is 9.31. The van der Waals surface area contributed by atoms with Gasteiger partial charge in [0.05, 0.1) is 11.4 Å². The summed E-state index contributed by atoms with van der Waals surface area (Å²) in [5.74, 6) is 0.785. The van der Waals surface area contributed by atoms with Gasteiger partial charge in [0.15, 0.2) is 6.61 Å². The summed E-state index contributed by atoms with van der Waals surface area (Å²) in [5, 5.41) is 2.87. The van der Waals surface area contributed by atoms with Crippen LogP contribution in [-0.4, -0.2) is 24.5 Å². The number of anilines is 2. The van der Waals surface area contributed by atoms with E-state index in [4.69, 9.17) is 4.74 Å². The zero-order valence-corrected chi connectivity index (χ0v) is 16.3. The summed E-state index contributed by atoms with van der Waals surface area (Å²) in [4.78, 5) is 26.8. The van der Waals surface area contributed by atoms with Crippen LogP contribution in [0.2, 0.25) is 0 Å². The van der Waals surface area contributed by atoms with Crippen LogP contribution in [-0.2, 0) is 9.59 Å². The molecule has 0 radical (unpaired) electrons. The van der Waals surface area contributed by atoms with Gasteiger partial charge in [0, 0.05) is 12.5 Å². The molecule has 1 atom stereocenters. The van der Waals surface area contributed by atoms with Crippen LogP contribution >= 0.6 is 0 Å². The predicted octanol–water partition coefficient (Wildman–Crippen LogP) is 4.26. The first-order valence-electron chi connectivity index (χ1n) is 9.31. The molecule has 1 heterocycles. The van der Waals surface area contributed by atoms with E-state index in [0.717, 1.165) is 16.9 Å². The molecule has 0 aliphatic carbocycles. The molecule has 0 spiro atoms. The van der Waals surface area contributed by atoms with E-state index in [1.807, 2.05) is 50.2 Å². The summed E-state index contributed by atoms with van der Waals surface area (Å²) in [7, 11) is 0. The highest BCUT2D eigenvalue weighted by Crippen LogP contribution is 2.32. The molecular formula is C22H26N2O3. The molecule has 5 heteroatoms. The van der Waals surface area contributed by atoms with Crippen LogP contribution in [0.1, 0.15) is 44.2 Å². The fraction of sp³-hybridized carbons (Fsp3) is 0.364. The van der Waals surface area contributed by atoms with Crippen LogP contribution < -0.4 is 15.0 Å². The van der Waals surface area contributed by atoms with E-state index in [0.29, 0.717) is 17.3 Å². The molecule has 1 N–H and O–H groups in total. The number of carbonyl (C=O) groups excluding carboxylic acids is 2. The van der Waals surface area contributed by atoms with Crippen LogP contribution in [0.4, 0.5) is 11.4 Å². The Hall–Kier alpha value is -2.82. The van der Waals surface area contributed by atoms with E-state index in [1.54, 1.807) is 4.90 Å². The normalized spacial score (nSPS) is 16.6. The van der Waals surface area contributed by atoms with Crippen molar-refractivity contribution in [1.29, 1.82) is 0 Å². The van der Waals surface area contributed by atoms with Gasteiger partial charge in [0.25, 0.3) is 5.91 Å². The quantitative estimate of drug-likeness (QED) is 0.879. The highest BCUT2D eigenvalue weighted by Gasteiger charge is 2.29. The Labute approximate surface area is 160 Å². The second-order valence-electron chi connectivity index (χ2n) is 7.37. The van der Waals surface area contributed by atoms with E-state index >= 15 is 0 Å². The molecule has 0 saturated heterocycles. The third-order valence-electron chi connectivity index (χ3n) is 4.77. The second kappa shape index (κ2) is 7.82. The van der Waals surface area contributed by atoms with Crippen LogP contribution in [0.5, 0.6) is 5.75 Å². The van der Waals surface area contributed by atoms with Crippen molar-refractivity contribution in [3.8, 4) is 5.75 Å². The minimum Gasteiger partial charge on any atom is -0.483 e. The summed E-state index contributed by atoms with van der Waals surface area (Å²) in [6, 6.07) is 13.2. The minimum atomic E-state index is -0.244. The molecule has 2 aromatic carbocycles. The van der Waals surface area contributed by atoms with E-state index in [1.165, 1.54) is 0 Å². The molecule has 0 saturated carbocycles. The number of aryl methyl sites for hydroxylation is 1. The number of hydrogen-bond donors (Lipinski definition) is 1. The maximum absolute atomic E-state index is 13.0. The van der Waals surface area contributed by atoms with Gasteiger partial charge in [-0.1, -0.05) is 38.1 Å². The van der Waals surface area contributed by atoms with Crippen LogP contribution in [0, 0.1) is 6.92 Å². The molecule has 1 aliphatic heterocycles. The highest BCUT2D eigenvalue weighted by molar-refractivity contribution is 6.04. The Morgan fingerprint density at radius 2 is 2.00 bits per heavy atom. The summed E-state index contributed by atoms with van der Waals surface area (Å²) in [5.41, 5.74) is 3.52. The highest BCUT2D eigenvalue weighted by atomic mass is 16.5. The summed E-state index contributed by atoms with van der Waals surface area (Å²) < 4.78 is 5.93. The lowest BCUT2D eigenvalue weighted by atomic mass is 10.0. The number of benzene rings is 2. The van der Waals surface area contributed by atoms with Crippen molar-refractivity contribution in [1.82, 2.24) is 0 Å². The van der Waals surface area contributed by atoms with Crippen LogP contribution in [0.3, 0.4) is 0 Å². The lowest BCUT2D eigenvalue weighted by Crippen LogP contribution is -2.41.